The summed E-state index contributed by atoms with van der Waals surface area (Å²) in [6.45, 7) is 0. The Kier molecular flexibility index (Phi) is 3.36. The summed E-state index contributed by atoms with van der Waals surface area (Å²) < 4.78 is 0. The quantitative estimate of drug-likeness (QED) is 0.820. The summed E-state index contributed by atoms with van der Waals surface area (Å²) in [7, 11) is 0. The molecule has 2 N–H and O–H groups in total. The normalized spacial score (nSPS) is 17.2. The zero-order valence-corrected chi connectivity index (χ0v) is 10.3. The van der Waals surface area contributed by atoms with Gasteiger partial charge < -0.3 is 10.4 Å². The number of amides is 1. The molecule has 1 aliphatic heterocycles. The van der Waals surface area contributed by atoms with Crippen LogP contribution >= 0.6 is 23.2 Å². The zero-order valence-electron chi connectivity index (χ0n) is 8.78. The molecule has 0 radical (unpaired) electrons. The summed E-state index contributed by atoms with van der Waals surface area (Å²) in [5.41, 5.74) is 0.0558. The second kappa shape index (κ2) is 4.80. The number of rotatable bonds is 2. The molecule has 92 valence electrons. The van der Waals surface area contributed by atoms with Gasteiger partial charge in [-0.15, -0.1) is 4.91 Å². The van der Waals surface area contributed by atoms with Crippen LogP contribution < -0.4 is 5.32 Å². The number of carbonyl (C=O) groups excluding carboxylic acids is 1. The van der Waals surface area contributed by atoms with Gasteiger partial charge in [0.2, 0.25) is 5.70 Å². The largest absolute Gasteiger partial charge is 0.504 e. The van der Waals surface area contributed by atoms with Gasteiger partial charge in [0.25, 0.3) is 5.91 Å². The number of aliphatic hydroxyl groups is 1. The van der Waals surface area contributed by atoms with Gasteiger partial charge in [-0.2, -0.15) is 0 Å². The van der Waals surface area contributed by atoms with Gasteiger partial charge in [-0.25, -0.2) is 0 Å². The molecular weight excluding hydrogens is 279 g/mol. The maximum Gasteiger partial charge on any atom is 0.281 e. The molecule has 0 saturated carbocycles. The molecule has 1 aromatic rings. The number of nitroso groups, excluding NO2 is 1. The summed E-state index contributed by atoms with van der Waals surface area (Å²) in [5, 5.41) is 15.2. The first-order valence-electron chi connectivity index (χ1n) is 4.78. The van der Waals surface area contributed by atoms with E-state index in [0.29, 0.717) is 15.6 Å². The fourth-order valence-electron chi connectivity index (χ4n) is 1.44. The predicted molar refractivity (Wildman–Crippen MR) is 68.0 cm³/mol. The van der Waals surface area contributed by atoms with Crippen molar-refractivity contribution in [2.24, 2.45) is 5.18 Å². The summed E-state index contributed by atoms with van der Waals surface area (Å²) in [5.74, 6) is -1.25. The topological polar surface area (TPSA) is 78.8 Å². The van der Waals surface area contributed by atoms with Gasteiger partial charge in [0.05, 0.1) is 5.70 Å². The summed E-state index contributed by atoms with van der Waals surface area (Å²) >= 11 is 11.7. The van der Waals surface area contributed by atoms with Gasteiger partial charge in [-0.1, -0.05) is 29.3 Å². The Bertz CT molecular complexity index is 608. The fraction of sp³-hybridized carbons (Fsp3) is 0. The molecular formula is C11H6Cl2N2O3. The molecule has 1 heterocycles. The third-order valence-electron chi connectivity index (χ3n) is 2.30. The van der Waals surface area contributed by atoms with E-state index < -0.39 is 17.4 Å². The highest BCUT2D eigenvalue weighted by Crippen LogP contribution is 2.26. The van der Waals surface area contributed by atoms with Gasteiger partial charge in [0.1, 0.15) is 0 Å². The van der Waals surface area contributed by atoms with Crippen LogP contribution in [-0.4, -0.2) is 11.0 Å². The van der Waals surface area contributed by atoms with E-state index in [1.807, 2.05) is 0 Å². The lowest BCUT2D eigenvalue weighted by molar-refractivity contribution is -0.116. The van der Waals surface area contributed by atoms with E-state index in [4.69, 9.17) is 23.2 Å². The molecule has 0 unspecified atom stereocenters. The highest BCUT2D eigenvalue weighted by Gasteiger charge is 2.28. The van der Waals surface area contributed by atoms with E-state index in [1.54, 1.807) is 12.1 Å². The Hall–Kier alpha value is -1.85. The molecule has 0 aromatic heterocycles. The average Bonchev–Trinajstić information content (AvgIpc) is 2.58. The SMILES string of the molecule is O=NC1=C(O)/C(=C\c2ccc(Cl)cc2Cl)NC1=O. The molecule has 5 nitrogen and oxygen atoms in total. The van der Waals surface area contributed by atoms with Crippen LogP contribution in [0.15, 0.2) is 40.5 Å². The molecule has 0 aliphatic carbocycles. The van der Waals surface area contributed by atoms with E-state index in [2.05, 4.69) is 10.5 Å². The number of nitrogens with zero attached hydrogens (tertiary/aromatic N) is 1. The number of nitrogens with one attached hydrogen (secondary N) is 1. The number of halogens is 2. The number of benzene rings is 1. The molecule has 1 aromatic carbocycles. The number of hydrogen-bond donors (Lipinski definition) is 2. The fourth-order valence-corrected chi connectivity index (χ4v) is 1.90. The lowest BCUT2D eigenvalue weighted by Gasteiger charge is -2.02. The first-order valence-corrected chi connectivity index (χ1v) is 5.53. The Balaban J connectivity index is 2.44. The highest BCUT2D eigenvalue weighted by molar-refractivity contribution is 6.35. The van der Waals surface area contributed by atoms with E-state index in [-0.39, 0.29) is 5.70 Å². The first kappa shape index (κ1) is 12.6. The summed E-state index contributed by atoms with van der Waals surface area (Å²) in [6.07, 6.45) is 1.42. The Morgan fingerprint density at radius 2 is 2.06 bits per heavy atom. The smallest absolute Gasteiger partial charge is 0.281 e. The van der Waals surface area contributed by atoms with Crippen molar-refractivity contribution in [3.8, 4) is 0 Å². The lowest BCUT2D eigenvalue weighted by Crippen LogP contribution is -2.15. The van der Waals surface area contributed by atoms with Crippen molar-refractivity contribution >= 4 is 35.2 Å². The van der Waals surface area contributed by atoms with E-state index in [1.165, 1.54) is 12.1 Å². The van der Waals surface area contributed by atoms with Gasteiger partial charge in [0.15, 0.2) is 5.76 Å². The number of aliphatic hydroxyl groups excluding tert-OH is 1. The lowest BCUT2D eigenvalue weighted by atomic mass is 10.2. The summed E-state index contributed by atoms with van der Waals surface area (Å²) in [4.78, 5) is 21.6. The molecule has 0 fully saturated rings. The second-order valence-electron chi connectivity index (χ2n) is 3.47. The predicted octanol–water partition coefficient (Wildman–Crippen LogP) is 3.00. The van der Waals surface area contributed by atoms with Crippen LogP contribution in [-0.2, 0) is 4.79 Å². The third kappa shape index (κ3) is 2.23. The van der Waals surface area contributed by atoms with Crippen molar-refractivity contribution in [3.05, 3.63) is 55.9 Å². The van der Waals surface area contributed by atoms with Crippen molar-refractivity contribution < 1.29 is 9.90 Å². The molecule has 0 atom stereocenters. The van der Waals surface area contributed by atoms with Crippen molar-refractivity contribution in [2.75, 3.05) is 0 Å². The highest BCUT2D eigenvalue weighted by atomic mass is 35.5. The van der Waals surface area contributed by atoms with Crippen molar-refractivity contribution in [1.29, 1.82) is 0 Å². The van der Waals surface area contributed by atoms with Crippen LogP contribution in [0.2, 0.25) is 10.0 Å². The molecule has 2 rings (SSSR count). The molecule has 1 amide bonds. The van der Waals surface area contributed by atoms with E-state index in [0.717, 1.165) is 0 Å². The van der Waals surface area contributed by atoms with Gasteiger partial charge in [0, 0.05) is 10.0 Å². The minimum absolute atomic E-state index is 0.0684. The molecule has 0 saturated heterocycles. The maximum absolute atomic E-state index is 11.2. The van der Waals surface area contributed by atoms with Crippen molar-refractivity contribution in [2.45, 2.75) is 0 Å². The molecule has 1 aliphatic rings. The first-order chi connectivity index (χ1) is 8.52. The van der Waals surface area contributed by atoms with Crippen LogP contribution in [0, 0.1) is 4.91 Å². The second-order valence-corrected chi connectivity index (χ2v) is 4.31. The molecule has 7 heteroatoms. The van der Waals surface area contributed by atoms with Crippen molar-refractivity contribution in [3.63, 3.8) is 0 Å². The number of carbonyl (C=O) groups is 1. The molecule has 0 spiro atoms. The van der Waals surface area contributed by atoms with Crippen LogP contribution in [0.25, 0.3) is 6.08 Å². The molecule has 0 bridgehead atoms. The molecule has 18 heavy (non-hydrogen) atoms. The van der Waals surface area contributed by atoms with E-state index in [9.17, 15) is 14.8 Å². The Labute approximate surface area is 112 Å². The van der Waals surface area contributed by atoms with Crippen LogP contribution in [0.5, 0.6) is 0 Å². The third-order valence-corrected chi connectivity index (χ3v) is 2.86. The minimum atomic E-state index is -0.751. The van der Waals surface area contributed by atoms with Crippen LogP contribution in [0.1, 0.15) is 5.56 Å². The van der Waals surface area contributed by atoms with E-state index >= 15 is 0 Å². The Morgan fingerprint density at radius 3 is 2.61 bits per heavy atom. The number of hydrogen-bond acceptors (Lipinski definition) is 4. The van der Waals surface area contributed by atoms with Crippen LogP contribution in [0.3, 0.4) is 0 Å². The van der Waals surface area contributed by atoms with Crippen molar-refractivity contribution in [1.82, 2.24) is 5.32 Å². The Morgan fingerprint density at radius 1 is 1.33 bits per heavy atom. The minimum Gasteiger partial charge on any atom is -0.504 e. The monoisotopic (exact) mass is 284 g/mol. The van der Waals surface area contributed by atoms with Gasteiger partial charge in [-0.05, 0) is 28.9 Å². The maximum atomic E-state index is 11.2. The summed E-state index contributed by atoms with van der Waals surface area (Å²) in [6, 6.07) is 4.74. The van der Waals surface area contributed by atoms with Gasteiger partial charge in [-0.3, -0.25) is 4.79 Å². The zero-order chi connectivity index (χ0) is 13.3. The average molecular weight is 285 g/mol. The van der Waals surface area contributed by atoms with Crippen LogP contribution in [0.4, 0.5) is 0 Å². The standard InChI is InChI=1S/C11H6Cl2N2O3/c12-6-2-1-5(7(13)4-6)3-8-10(16)9(15-18)11(17)14-8/h1-4,16H,(H,14,17)/b8-3+. The van der Waals surface area contributed by atoms with Gasteiger partial charge >= 0.3 is 0 Å².